The molecule has 6 heteroatoms. The van der Waals surface area contributed by atoms with Crippen molar-refractivity contribution in [2.24, 2.45) is 0 Å². The number of hydrogen-bond donors (Lipinski definition) is 0. The van der Waals surface area contributed by atoms with Crippen molar-refractivity contribution in [1.82, 2.24) is 0 Å². The quantitative estimate of drug-likeness (QED) is 0.105. The highest BCUT2D eigenvalue weighted by molar-refractivity contribution is 7.37. The molecule has 0 heterocycles. The standard InChI is InChI=1S/C36H52F2O2Si2/c1-7-8-9-10-11-12-13-16-29-17-19-30(20-18-29)33-25-26-34(36(38)35(33)37)31-21-23-32(24-22-31)39-27-14-15-28-40-42(5,6)41(2,3)4/h17-26H,7-16,27-28H2,1-6H3. The van der Waals surface area contributed by atoms with Crippen molar-refractivity contribution >= 4 is 15.4 Å². The van der Waals surface area contributed by atoms with E-state index < -0.39 is 27.1 Å². The van der Waals surface area contributed by atoms with Gasteiger partial charge in [-0.05, 0) is 67.6 Å². The van der Waals surface area contributed by atoms with Crippen LogP contribution in [0.25, 0.3) is 22.3 Å². The van der Waals surface area contributed by atoms with Crippen LogP contribution in [0.4, 0.5) is 8.78 Å². The SMILES string of the molecule is CCCCCCCCCc1ccc(-c2ccc(-c3ccc(OCCCCO[Si](C)(C)[Si](C)(C)C)cc3)c(F)c2F)cc1. The van der Waals surface area contributed by atoms with Crippen LogP contribution in [0.15, 0.2) is 60.7 Å². The maximum Gasteiger partial charge on any atom is 0.173 e. The summed E-state index contributed by atoms with van der Waals surface area (Å²) in [5.74, 6) is -0.904. The molecule has 2 nitrogen and oxygen atoms in total. The van der Waals surface area contributed by atoms with Crippen molar-refractivity contribution in [2.75, 3.05) is 13.2 Å². The predicted octanol–water partition coefficient (Wildman–Crippen LogP) is 11.4. The third-order valence-electron chi connectivity index (χ3n) is 8.66. The monoisotopic (exact) mass is 610 g/mol. The van der Waals surface area contributed by atoms with Gasteiger partial charge in [0.2, 0.25) is 0 Å². The molecule has 0 aliphatic rings. The predicted molar refractivity (Wildman–Crippen MR) is 180 cm³/mol. The summed E-state index contributed by atoms with van der Waals surface area (Å²) in [6, 6.07) is 18.5. The molecule has 0 saturated heterocycles. The van der Waals surface area contributed by atoms with Gasteiger partial charge in [0, 0.05) is 17.7 Å². The van der Waals surface area contributed by atoms with E-state index >= 15 is 8.78 Å². The molecule has 0 bridgehead atoms. The Morgan fingerprint density at radius 2 is 1.07 bits per heavy atom. The number of unbranched alkanes of at least 4 members (excludes halogenated alkanes) is 7. The number of aryl methyl sites for hydroxylation is 1. The summed E-state index contributed by atoms with van der Waals surface area (Å²) in [4.78, 5) is 0. The zero-order valence-corrected chi connectivity index (χ0v) is 28.8. The van der Waals surface area contributed by atoms with E-state index in [9.17, 15) is 0 Å². The number of halogens is 2. The van der Waals surface area contributed by atoms with Crippen molar-refractivity contribution in [2.45, 2.75) is 104 Å². The Hall–Kier alpha value is -2.29. The normalized spacial score (nSPS) is 12.1. The van der Waals surface area contributed by atoms with E-state index in [1.807, 2.05) is 36.4 Å². The van der Waals surface area contributed by atoms with Crippen LogP contribution in [-0.4, -0.2) is 28.6 Å². The summed E-state index contributed by atoms with van der Waals surface area (Å²) < 4.78 is 42.6. The van der Waals surface area contributed by atoms with Gasteiger partial charge < -0.3 is 9.16 Å². The molecule has 0 unspecified atom stereocenters. The summed E-state index contributed by atoms with van der Waals surface area (Å²) in [5.41, 5.74) is 3.11. The van der Waals surface area contributed by atoms with E-state index in [-0.39, 0.29) is 5.56 Å². The van der Waals surface area contributed by atoms with Crippen molar-refractivity contribution in [3.05, 3.63) is 77.9 Å². The van der Waals surface area contributed by atoms with Gasteiger partial charge in [-0.25, -0.2) is 8.78 Å². The highest BCUT2D eigenvalue weighted by atomic mass is 29.3. The Morgan fingerprint density at radius 1 is 0.571 bits per heavy atom. The van der Waals surface area contributed by atoms with Gasteiger partial charge in [-0.1, -0.05) is 114 Å². The van der Waals surface area contributed by atoms with Crippen LogP contribution < -0.4 is 4.74 Å². The van der Waals surface area contributed by atoms with E-state index in [1.54, 1.807) is 24.3 Å². The molecule has 0 amide bonds. The first-order chi connectivity index (χ1) is 20.0. The fraction of sp³-hybridized carbons (Fsp3) is 0.500. The molecule has 0 saturated carbocycles. The molecule has 0 radical (unpaired) electrons. The highest BCUT2D eigenvalue weighted by Gasteiger charge is 2.38. The molecule has 3 aromatic carbocycles. The van der Waals surface area contributed by atoms with Crippen molar-refractivity contribution in [3.8, 4) is 28.0 Å². The fourth-order valence-electron chi connectivity index (χ4n) is 4.80. The van der Waals surface area contributed by atoms with Crippen molar-refractivity contribution in [3.63, 3.8) is 0 Å². The van der Waals surface area contributed by atoms with Gasteiger partial charge in [0.1, 0.15) is 5.75 Å². The third-order valence-corrected chi connectivity index (χ3v) is 24.5. The summed E-state index contributed by atoms with van der Waals surface area (Å²) >= 11 is 0. The molecule has 230 valence electrons. The average molecular weight is 611 g/mol. The fourth-order valence-corrected chi connectivity index (χ4v) is 7.49. The van der Waals surface area contributed by atoms with Crippen LogP contribution >= 0.6 is 0 Å². The molecule has 3 rings (SSSR count). The smallest absolute Gasteiger partial charge is 0.173 e. The zero-order valence-electron chi connectivity index (χ0n) is 26.8. The summed E-state index contributed by atoms with van der Waals surface area (Å²) in [6.07, 6.45) is 11.9. The van der Waals surface area contributed by atoms with E-state index in [1.165, 1.54) is 50.5 Å². The van der Waals surface area contributed by atoms with E-state index in [2.05, 4.69) is 39.7 Å². The number of benzene rings is 3. The van der Waals surface area contributed by atoms with Gasteiger partial charge in [-0.15, -0.1) is 0 Å². The Labute approximate surface area is 255 Å². The van der Waals surface area contributed by atoms with Gasteiger partial charge in [-0.2, -0.15) is 0 Å². The molecule has 0 aliphatic heterocycles. The van der Waals surface area contributed by atoms with Crippen LogP contribution in [0.5, 0.6) is 5.75 Å². The molecule has 0 aliphatic carbocycles. The summed E-state index contributed by atoms with van der Waals surface area (Å²) in [6.45, 7) is 15.4. The van der Waals surface area contributed by atoms with E-state index in [0.717, 1.165) is 31.6 Å². The number of ether oxygens (including phenoxy) is 1. The lowest BCUT2D eigenvalue weighted by molar-refractivity contribution is 0.266. The minimum Gasteiger partial charge on any atom is -0.494 e. The molecular formula is C36H52F2O2Si2. The van der Waals surface area contributed by atoms with Crippen LogP contribution in [0.2, 0.25) is 32.7 Å². The first-order valence-corrected chi connectivity index (χ1v) is 23.4. The molecule has 42 heavy (non-hydrogen) atoms. The van der Waals surface area contributed by atoms with Gasteiger partial charge in [0.25, 0.3) is 0 Å². The van der Waals surface area contributed by atoms with Crippen LogP contribution in [0, 0.1) is 11.6 Å². The van der Waals surface area contributed by atoms with Gasteiger partial charge in [-0.3, -0.25) is 0 Å². The lowest BCUT2D eigenvalue weighted by Crippen LogP contribution is -2.54. The summed E-state index contributed by atoms with van der Waals surface area (Å²) in [7, 11) is -2.82. The maximum absolute atomic E-state index is 15.2. The lowest BCUT2D eigenvalue weighted by Gasteiger charge is -2.34. The van der Waals surface area contributed by atoms with Crippen molar-refractivity contribution < 1.29 is 17.9 Å². The Bertz CT molecular complexity index is 1220. The minimum absolute atomic E-state index is 0.254. The molecule has 0 N–H and O–H groups in total. The first kappa shape index (κ1) is 34.2. The average Bonchev–Trinajstić information content (AvgIpc) is 2.96. The molecule has 0 fully saturated rings. The topological polar surface area (TPSA) is 18.5 Å². The second kappa shape index (κ2) is 16.5. The largest absolute Gasteiger partial charge is 0.494 e. The second-order valence-corrected chi connectivity index (χ2v) is 29.0. The van der Waals surface area contributed by atoms with Gasteiger partial charge in [0.05, 0.1) is 14.2 Å². The van der Waals surface area contributed by atoms with Crippen LogP contribution in [0.1, 0.15) is 70.3 Å². The van der Waals surface area contributed by atoms with Gasteiger partial charge in [0.15, 0.2) is 19.5 Å². The van der Waals surface area contributed by atoms with E-state index in [0.29, 0.717) is 23.3 Å². The van der Waals surface area contributed by atoms with Gasteiger partial charge >= 0.3 is 0 Å². The first-order valence-electron chi connectivity index (χ1n) is 16.0. The Kier molecular flexibility index (Phi) is 13.5. The third kappa shape index (κ3) is 10.2. The minimum atomic E-state index is -1.57. The Balaban J connectivity index is 1.49. The number of rotatable bonds is 18. The van der Waals surface area contributed by atoms with Crippen LogP contribution in [0.3, 0.4) is 0 Å². The van der Waals surface area contributed by atoms with E-state index in [4.69, 9.17) is 9.16 Å². The molecule has 0 atom stereocenters. The Morgan fingerprint density at radius 3 is 1.62 bits per heavy atom. The second-order valence-electron chi connectivity index (χ2n) is 13.0. The molecule has 3 aromatic rings. The number of hydrogen-bond acceptors (Lipinski definition) is 2. The summed E-state index contributed by atoms with van der Waals surface area (Å²) in [5, 5.41) is 0. The van der Waals surface area contributed by atoms with Crippen LogP contribution in [-0.2, 0) is 10.8 Å². The molecular weight excluding hydrogens is 559 g/mol. The van der Waals surface area contributed by atoms with Crippen molar-refractivity contribution in [1.29, 1.82) is 0 Å². The lowest BCUT2D eigenvalue weighted by atomic mass is 9.97. The maximum atomic E-state index is 15.2. The molecule has 0 aromatic heterocycles. The zero-order chi connectivity index (χ0) is 30.6. The highest BCUT2D eigenvalue weighted by Crippen LogP contribution is 2.32. The molecule has 0 spiro atoms.